The molecule has 0 bridgehead atoms. The van der Waals surface area contributed by atoms with E-state index in [1.165, 1.54) is 6.07 Å². The van der Waals surface area contributed by atoms with Crippen LogP contribution in [0.2, 0.25) is 0 Å². The number of nitrogens with one attached hydrogen (secondary N) is 1. The van der Waals surface area contributed by atoms with E-state index in [2.05, 4.69) is 18.6 Å². The molecule has 1 aromatic heterocycles. The van der Waals surface area contributed by atoms with E-state index in [9.17, 15) is 13.2 Å². The molecule has 0 spiro atoms. The number of sulfonamides is 1. The third-order valence-electron chi connectivity index (χ3n) is 4.22. The topological polar surface area (TPSA) is 96.6 Å². The average molecular weight is 329 g/mol. The van der Waals surface area contributed by atoms with E-state index in [0.29, 0.717) is 30.4 Å². The van der Waals surface area contributed by atoms with Crippen molar-refractivity contribution in [2.45, 2.75) is 51.8 Å². The smallest absolute Gasteiger partial charge is 0.339 e. The van der Waals surface area contributed by atoms with Crippen LogP contribution in [0.4, 0.5) is 0 Å². The van der Waals surface area contributed by atoms with Gasteiger partial charge in [-0.2, -0.15) is 0 Å². The lowest BCUT2D eigenvalue weighted by molar-refractivity contribution is 0.0695. The van der Waals surface area contributed by atoms with Crippen molar-refractivity contribution in [1.29, 1.82) is 0 Å². The molecule has 1 aliphatic carbocycles. The Kier molecular flexibility index (Phi) is 4.97. The van der Waals surface area contributed by atoms with E-state index in [0.717, 1.165) is 6.42 Å². The molecule has 0 aromatic carbocycles. The highest BCUT2D eigenvalue weighted by Gasteiger charge is 2.33. The van der Waals surface area contributed by atoms with Crippen LogP contribution < -0.4 is 4.72 Å². The molecular weight excluding hydrogens is 306 g/mol. The standard InChI is InChI=1S/C15H23NO5S/c1-9-4-10(2)6-13(5-9)22(19,20)16-8-12-7-14(15(17)18)11(3)21-12/h7,9-10,13,16H,4-6,8H2,1-3H3,(H,17,18). The maximum absolute atomic E-state index is 12.4. The Bertz CT molecular complexity index is 639. The van der Waals surface area contributed by atoms with Crippen LogP contribution in [0, 0.1) is 18.8 Å². The predicted octanol–water partition coefficient (Wildman–Crippen LogP) is 2.53. The Hall–Kier alpha value is -1.34. The molecule has 6 nitrogen and oxygen atoms in total. The highest BCUT2D eigenvalue weighted by atomic mass is 32.2. The van der Waals surface area contributed by atoms with E-state index in [4.69, 9.17) is 9.52 Å². The Balaban J connectivity index is 2.03. The van der Waals surface area contributed by atoms with Crippen molar-refractivity contribution < 1.29 is 22.7 Å². The van der Waals surface area contributed by atoms with E-state index in [1.54, 1.807) is 6.92 Å². The van der Waals surface area contributed by atoms with Crippen LogP contribution in [0.1, 0.15) is 55.0 Å². The quantitative estimate of drug-likeness (QED) is 0.865. The van der Waals surface area contributed by atoms with E-state index in [1.807, 2.05) is 0 Å². The Morgan fingerprint density at radius 3 is 2.41 bits per heavy atom. The van der Waals surface area contributed by atoms with E-state index >= 15 is 0 Å². The molecule has 1 aliphatic rings. The van der Waals surface area contributed by atoms with Gasteiger partial charge in [-0.15, -0.1) is 0 Å². The van der Waals surface area contributed by atoms with Gasteiger partial charge in [0.2, 0.25) is 10.0 Å². The molecule has 0 saturated heterocycles. The van der Waals surface area contributed by atoms with E-state index in [-0.39, 0.29) is 23.1 Å². The Morgan fingerprint density at radius 1 is 1.32 bits per heavy atom. The molecule has 2 atom stereocenters. The van der Waals surface area contributed by atoms with Gasteiger partial charge in [0.05, 0.1) is 11.8 Å². The molecule has 0 radical (unpaired) electrons. The maximum atomic E-state index is 12.4. The Morgan fingerprint density at radius 2 is 1.91 bits per heavy atom. The molecule has 0 amide bonds. The summed E-state index contributed by atoms with van der Waals surface area (Å²) in [5.41, 5.74) is 0.0640. The monoisotopic (exact) mass is 329 g/mol. The third kappa shape index (κ3) is 3.89. The molecule has 124 valence electrons. The van der Waals surface area contributed by atoms with Gasteiger partial charge in [-0.05, 0) is 44.1 Å². The van der Waals surface area contributed by atoms with Crippen molar-refractivity contribution in [3.8, 4) is 0 Å². The number of carbonyl (C=O) groups is 1. The second-order valence-electron chi connectivity index (χ2n) is 6.39. The van der Waals surface area contributed by atoms with Crippen molar-refractivity contribution in [2.75, 3.05) is 0 Å². The Labute approximate surface area is 131 Å². The lowest BCUT2D eigenvalue weighted by Crippen LogP contribution is -2.38. The largest absolute Gasteiger partial charge is 0.478 e. The highest BCUT2D eigenvalue weighted by Crippen LogP contribution is 2.32. The van der Waals surface area contributed by atoms with Gasteiger partial charge in [0, 0.05) is 0 Å². The summed E-state index contributed by atoms with van der Waals surface area (Å²) in [5, 5.41) is 8.58. The minimum Gasteiger partial charge on any atom is -0.478 e. The summed E-state index contributed by atoms with van der Waals surface area (Å²) in [6, 6.07) is 1.37. The fourth-order valence-corrected chi connectivity index (χ4v) is 5.00. The molecule has 0 aliphatic heterocycles. The first-order chi connectivity index (χ1) is 10.2. The second-order valence-corrected chi connectivity index (χ2v) is 8.44. The first kappa shape index (κ1) is 17.0. The van der Waals surface area contributed by atoms with Gasteiger partial charge in [-0.3, -0.25) is 0 Å². The van der Waals surface area contributed by atoms with Gasteiger partial charge in [0.15, 0.2) is 0 Å². The number of hydrogen-bond donors (Lipinski definition) is 2. The maximum Gasteiger partial charge on any atom is 0.339 e. The van der Waals surface area contributed by atoms with Gasteiger partial charge in [-0.1, -0.05) is 13.8 Å². The summed E-state index contributed by atoms with van der Waals surface area (Å²) in [6.07, 6.45) is 2.39. The number of furan rings is 1. The first-order valence-electron chi connectivity index (χ1n) is 7.50. The molecule has 1 heterocycles. The van der Waals surface area contributed by atoms with Crippen LogP contribution in [0.15, 0.2) is 10.5 Å². The SMILES string of the molecule is Cc1oc(CNS(=O)(=O)C2CC(C)CC(C)C2)cc1C(=O)O. The molecule has 2 unspecified atom stereocenters. The number of rotatable bonds is 5. The molecule has 1 saturated carbocycles. The third-order valence-corrected chi connectivity index (χ3v) is 6.03. The summed E-state index contributed by atoms with van der Waals surface area (Å²) in [7, 11) is -3.43. The average Bonchev–Trinajstić information content (AvgIpc) is 2.77. The predicted molar refractivity (Wildman–Crippen MR) is 82.1 cm³/mol. The van der Waals surface area contributed by atoms with Crippen LogP contribution in [-0.4, -0.2) is 24.7 Å². The zero-order valence-electron chi connectivity index (χ0n) is 13.1. The van der Waals surface area contributed by atoms with Gasteiger partial charge in [0.1, 0.15) is 17.1 Å². The minimum absolute atomic E-state index is 0.0181. The fraction of sp³-hybridized carbons (Fsp3) is 0.667. The zero-order chi connectivity index (χ0) is 16.5. The van der Waals surface area contributed by atoms with Crippen LogP contribution in [0.25, 0.3) is 0 Å². The van der Waals surface area contributed by atoms with Crippen molar-refractivity contribution in [3.63, 3.8) is 0 Å². The van der Waals surface area contributed by atoms with Crippen LogP contribution in [0.3, 0.4) is 0 Å². The van der Waals surface area contributed by atoms with Crippen molar-refractivity contribution >= 4 is 16.0 Å². The van der Waals surface area contributed by atoms with Crippen molar-refractivity contribution in [3.05, 3.63) is 23.2 Å². The van der Waals surface area contributed by atoms with Gasteiger partial charge in [0.25, 0.3) is 0 Å². The zero-order valence-corrected chi connectivity index (χ0v) is 13.9. The number of hydrogen-bond acceptors (Lipinski definition) is 4. The summed E-state index contributed by atoms with van der Waals surface area (Å²) >= 11 is 0. The van der Waals surface area contributed by atoms with Gasteiger partial charge >= 0.3 is 5.97 Å². The number of aromatic carboxylic acids is 1. The van der Waals surface area contributed by atoms with Crippen LogP contribution >= 0.6 is 0 Å². The second kappa shape index (κ2) is 6.42. The molecule has 7 heteroatoms. The molecule has 2 N–H and O–H groups in total. The number of carboxylic acids is 1. The van der Waals surface area contributed by atoms with Crippen molar-refractivity contribution in [2.24, 2.45) is 11.8 Å². The van der Waals surface area contributed by atoms with Crippen molar-refractivity contribution in [1.82, 2.24) is 4.72 Å². The molecule has 22 heavy (non-hydrogen) atoms. The van der Waals surface area contributed by atoms with Gasteiger partial charge < -0.3 is 9.52 Å². The lowest BCUT2D eigenvalue weighted by atomic mass is 9.83. The van der Waals surface area contributed by atoms with E-state index < -0.39 is 16.0 Å². The fourth-order valence-electron chi connectivity index (χ4n) is 3.26. The van der Waals surface area contributed by atoms with Crippen LogP contribution in [0.5, 0.6) is 0 Å². The normalized spacial score (nSPS) is 26.0. The summed E-state index contributed by atoms with van der Waals surface area (Å²) in [6.45, 7) is 5.68. The minimum atomic E-state index is -3.43. The molecule has 1 fully saturated rings. The summed E-state index contributed by atoms with van der Waals surface area (Å²) in [4.78, 5) is 11.0. The number of aryl methyl sites for hydroxylation is 1. The lowest BCUT2D eigenvalue weighted by Gasteiger charge is -2.31. The van der Waals surface area contributed by atoms with Gasteiger partial charge in [-0.25, -0.2) is 17.9 Å². The molecule has 1 aromatic rings. The van der Waals surface area contributed by atoms with Crippen LogP contribution in [-0.2, 0) is 16.6 Å². The summed E-state index contributed by atoms with van der Waals surface area (Å²) < 4.78 is 32.7. The summed E-state index contributed by atoms with van der Waals surface area (Å²) in [5.74, 6) is 0.312. The number of carboxylic acid groups (broad SMARTS) is 1. The highest BCUT2D eigenvalue weighted by molar-refractivity contribution is 7.90. The molecule has 2 rings (SSSR count). The molecular formula is C15H23NO5S. The first-order valence-corrected chi connectivity index (χ1v) is 9.04.